The highest BCUT2D eigenvalue weighted by molar-refractivity contribution is 5.93. The number of nitrogens with one attached hydrogen (secondary N) is 2. The van der Waals surface area contributed by atoms with Crippen LogP contribution < -0.4 is 27.5 Å². The number of pyridine rings is 2. The molecule has 0 aliphatic rings. The number of hydrogen-bond acceptors (Lipinski definition) is 8. The molecular weight excluding hydrogens is 444 g/mol. The molecule has 2 aromatic rings. The number of unbranched alkanes of at least 4 members (excludes halogenated alkanes) is 1. The van der Waals surface area contributed by atoms with Gasteiger partial charge in [-0.1, -0.05) is 25.5 Å². The third-order valence-electron chi connectivity index (χ3n) is 5.31. The highest BCUT2D eigenvalue weighted by atomic mass is 16.5. The van der Waals surface area contributed by atoms with Crippen molar-refractivity contribution < 1.29 is 20.0 Å². The number of carbonyl (C=O) groups is 2. The molecule has 1 atom stereocenters. The molecule has 0 fully saturated rings. The number of nitrogens with zero attached hydrogens (tertiary/aromatic N) is 3. The molecule has 186 valence electrons. The summed E-state index contributed by atoms with van der Waals surface area (Å²) in [6.07, 6.45) is 2.19. The summed E-state index contributed by atoms with van der Waals surface area (Å²) in [5.41, 5.74) is 3.85. The Kier molecular flexibility index (Phi) is 10.3. The van der Waals surface area contributed by atoms with Crippen LogP contribution in [0.15, 0.2) is 46.0 Å². The topological polar surface area (TPSA) is 172 Å². The first kappa shape index (κ1) is 26.6. The summed E-state index contributed by atoms with van der Waals surface area (Å²) in [6.45, 7) is 4.24. The van der Waals surface area contributed by atoms with Crippen molar-refractivity contribution in [1.82, 2.24) is 25.0 Å². The van der Waals surface area contributed by atoms with E-state index in [-0.39, 0.29) is 24.0 Å². The molecule has 0 saturated heterocycles. The van der Waals surface area contributed by atoms with Crippen LogP contribution in [0.25, 0.3) is 0 Å². The average molecular weight is 477 g/mol. The number of aromatic nitrogens is 2. The third kappa shape index (κ3) is 7.46. The number of likely N-dealkylation sites (N-methyl/N-ethyl adjacent to an activating group) is 1. The Bertz CT molecular complexity index is 1080. The number of amides is 2. The first-order valence-electron chi connectivity index (χ1n) is 11.1. The van der Waals surface area contributed by atoms with Crippen molar-refractivity contribution in [2.45, 2.75) is 32.2 Å². The van der Waals surface area contributed by atoms with Gasteiger partial charge < -0.3 is 26.8 Å². The summed E-state index contributed by atoms with van der Waals surface area (Å²) in [4.78, 5) is 50.1. The molecule has 6 N–H and O–H groups in total. The molecule has 0 aliphatic heterocycles. The van der Waals surface area contributed by atoms with Gasteiger partial charge >= 0.3 is 0 Å². The average Bonchev–Trinajstić information content (AvgIpc) is 2.81. The lowest BCUT2D eigenvalue weighted by Crippen LogP contribution is -2.46. The van der Waals surface area contributed by atoms with Crippen molar-refractivity contribution in [2.75, 3.05) is 32.7 Å². The Balaban J connectivity index is 1.99. The fourth-order valence-corrected chi connectivity index (χ4v) is 3.42. The van der Waals surface area contributed by atoms with Crippen LogP contribution in [0.3, 0.4) is 0 Å². The van der Waals surface area contributed by atoms with E-state index in [1.54, 1.807) is 0 Å². The third-order valence-corrected chi connectivity index (χ3v) is 5.31. The van der Waals surface area contributed by atoms with Crippen LogP contribution >= 0.6 is 0 Å². The summed E-state index contributed by atoms with van der Waals surface area (Å²) in [5.74, 6) is -1.17. The van der Waals surface area contributed by atoms with E-state index in [2.05, 4.69) is 10.6 Å². The minimum atomic E-state index is -0.704. The van der Waals surface area contributed by atoms with E-state index in [1.165, 1.54) is 24.3 Å². The molecule has 0 saturated carbocycles. The summed E-state index contributed by atoms with van der Waals surface area (Å²) in [7, 11) is 0. The quantitative estimate of drug-likeness (QED) is 0.189. The maximum atomic E-state index is 12.7. The van der Waals surface area contributed by atoms with Crippen LogP contribution in [0.5, 0.6) is 0 Å². The zero-order valence-corrected chi connectivity index (χ0v) is 19.1. The van der Waals surface area contributed by atoms with Crippen molar-refractivity contribution in [3.8, 4) is 0 Å². The Morgan fingerprint density at radius 3 is 2.15 bits per heavy atom. The molecule has 12 nitrogen and oxygen atoms in total. The second-order valence-electron chi connectivity index (χ2n) is 7.73. The van der Waals surface area contributed by atoms with Crippen LogP contribution in [-0.2, 0) is 0 Å². The van der Waals surface area contributed by atoms with Gasteiger partial charge in [0.05, 0.1) is 0 Å². The minimum absolute atomic E-state index is 0.162. The zero-order chi connectivity index (χ0) is 25.1. The summed E-state index contributed by atoms with van der Waals surface area (Å²) >= 11 is 0. The zero-order valence-electron chi connectivity index (χ0n) is 19.1. The Labute approximate surface area is 196 Å². The molecule has 2 aromatic heterocycles. The van der Waals surface area contributed by atoms with Gasteiger partial charge in [-0.25, -0.2) is 0 Å². The van der Waals surface area contributed by atoms with E-state index in [0.29, 0.717) is 42.1 Å². The summed E-state index contributed by atoms with van der Waals surface area (Å²) in [6, 6.07) is 7.46. The maximum absolute atomic E-state index is 12.7. The first-order valence-corrected chi connectivity index (χ1v) is 11.1. The lowest BCUT2D eigenvalue weighted by molar-refractivity contribution is 0.0861. The van der Waals surface area contributed by atoms with Gasteiger partial charge in [-0.05, 0) is 38.1 Å². The van der Waals surface area contributed by atoms with Crippen LogP contribution in [0.1, 0.15) is 47.2 Å². The van der Waals surface area contributed by atoms with Crippen LogP contribution in [0.4, 0.5) is 0 Å². The molecule has 0 spiro atoms. The van der Waals surface area contributed by atoms with Gasteiger partial charge in [0.2, 0.25) is 0 Å². The van der Waals surface area contributed by atoms with E-state index in [0.717, 1.165) is 25.0 Å². The second kappa shape index (κ2) is 13.2. The summed E-state index contributed by atoms with van der Waals surface area (Å²) < 4.78 is 0.601. The molecule has 2 rings (SSSR count). The Hall–Kier alpha value is -3.64. The molecule has 34 heavy (non-hydrogen) atoms. The molecule has 0 aromatic carbocycles. The normalized spacial score (nSPS) is 11.9. The Morgan fingerprint density at radius 1 is 1.00 bits per heavy atom. The van der Waals surface area contributed by atoms with Crippen LogP contribution in [-0.4, -0.2) is 75.4 Å². The number of nitrogens with two attached hydrogens (primary N) is 1. The van der Waals surface area contributed by atoms with Crippen molar-refractivity contribution >= 4 is 11.8 Å². The number of rotatable bonds is 13. The monoisotopic (exact) mass is 476 g/mol. The van der Waals surface area contributed by atoms with E-state index < -0.39 is 22.9 Å². The lowest BCUT2D eigenvalue weighted by atomic mass is 10.1. The van der Waals surface area contributed by atoms with Crippen LogP contribution in [0.2, 0.25) is 0 Å². The van der Waals surface area contributed by atoms with E-state index in [9.17, 15) is 29.6 Å². The molecule has 2 amide bonds. The predicted octanol–water partition coefficient (Wildman–Crippen LogP) is -0.536. The van der Waals surface area contributed by atoms with Crippen molar-refractivity contribution in [3.05, 3.63) is 68.5 Å². The van der Waals surface area contributed by atoms with Crippen molar-refractivity contribution in [3.63, 3.8) is 0 Å². The molecular formula is C22H32N6O6. The van der Waals surface area contributed by atoms with Crippen LogP contribution in [0, 0.1) is 0 Å². The highest BCUT2D eigenvalue weighted by Gasteiger charge is 2.19. The largest absolute Gasteiger partial charge is 0.425 e. The summed E-state index contributed by atoms with van der Waals surface area (Å²) in [5, 5.41) is 25.1. The molecule has 1 unspecified atom stereocenters. The van der Waals surface area contributed by atoms with E-state index in [1.807, 2.05) is 11.8 Å². The standard InChI is InChI=1S/C22H32N6O6/c1-2-26(14-13-24-21(31)17-8-5-10-19(29)27(17)33)15-16(7-3-4-12-23)25-22(32)18-9-6-11-20(30)28(18)34/h5-6,8-11,16,33-34H,2-4,7,12-15,23H2,1H3,(H,24,31)(H,25,32). The van der Waals surface area contributed by atoms with E-state index in [4.69, 9.17) is 5.73 Å². The number of carbonyl (C=O) groups excluding carboxylic acids is 2. The SMILES string of the molecule is CCN(CCNC(=O)c1cccc(=O)n1O)CC(CCCCN)NC(=O)c1cccc(=O)n1O. The van der Waals surface area contributed by atoms with Gasteiger partial charge in [-0.3, -0.25) is 24.1 Å². The molecule has 12 heteroatoms. The second-order valence-corrected chi connectivity index (χ2v) is 7.73. The number of hydrogen-bond donors (Lipinski definition) is 5. The van der Waals surface area contributed by atoms with Gasteiger partial charge in [0.1, 0.15) is 11.4 Å². The fourth-order valence-electron chi connectivity index (χ4n) is 3.42. The highest BCUT2D eigenvalue weighted by Crippen LogP contribution is 2.06. The Morgan fingerprint density at radius 2 is 1.59 bits per heavy atom. The molecule has 0 radical (unpaired) electrons. The predicted molar refractivity (Wildman–Crippen MR) is 124 cm³/mol. The molecule has 2 heterocycles. The molecule has 0 aliphatic carbocycles. The van der Waals surface area contributed by atoms with Crippen molar-refractivity contribution in [2.24, 2.45) is 5.73 Å². The lowest BCUT2D eigenvalue weighted by Gasteiger charge is -2.27. The smallest absolute Gasteiger partial charge is 0.283 e. The van der Waals surface area contributed by atoms with Crippen molar-refractivity contribution in [1.29, 1.82) is 0 Å². The fraction of sp³-hybridized carbons (Fsp3) is 0.455. The van der Waals surface area contributed by atoms with Gasteiger partial charge in [0, 0.05) is 37.8 Å². The van der Waals surface area contributed by atoms with Gasteiger partial charge in [-0.15, -0.1) is 9.46 Å². The van der Waals surface area contributed by atoms with E-state index >= 15 is 0 Å². The van der Waals surface area contributed by atoms with Gasteiger partial charge in [-0.2, -0.15) is 0 Å². The first-order chi connectivity index (χ1) is 16.3. The minimum Gasteiger partial charge on any atom is -0.425 e. The maximum Gasteiger partial charge on any atom is 0.283 e. The van der Waals surface area contributed by atoms with Gasteiger partial charge in [0.15, 0.2) is 0 Å². The van der Waals surface area contributed by atoms with Gasteiger partial charge in [0.25, 0.3) is 22.9 Å². The molecule has 0 bridgehead atoms.